The number of pyridine rings is 1. The standard InChI is InChI=1S/C15H20N2O3/c1-2-3-10-20-11-8-16-15(19)14-7-6-13(12-17-14)5-4-9-18/h6-7,12,18H,2-3,8-11H2,1H3,(H,16,19). The third-order valence-corrected chi connectivity index (χ3v) is 2.48. The molecule has 20 heavy (non-hydrogen) atoms. The molecule has 1 aromatic rings. The fraction of sp³-hybridized carbons (Fsp3) is 0.467. The van der Waals surface area contributed by atoms with Gasteiger partial charge in [0, 0.05) is 24.9 Å². The fourth-order valence-electron chi connectivity index (χ4n) is 1.42. The summed E-state index contributed by atoms with van der Waals surface area (Å²) in [7, 11) is 0. The molecule has 1 amide bonds. The highest BCUT2D eigenvalue weighted by molar-refractivity contribution is 5.92. The van der Waals surface area contributed by atoms with Gasteiger partial charge in [-0.25, -0.2) is 4.98 Å². The molecule has 2 N–H and O–H groups in total. The molecule has 1 rings (SSSR count). The van der Waals surface area contributed by atoms with Crippen LogP contribution in [0.2, 0.25) is 0 Å². The topological polar surface area (TPSA) is 71.5 Å². The summed E-state index contributed by atoms with van der Waals surface area (Å²) in [5.74, 6) is 5.01. The van der Waals surface area contributed by atoms with E-state index in [4.69, 9.17) is 9.84 Å². The van der Waals surface area contributed by atoms with Crippen LogP contribution < -0.4 is 5.32 Å². The predicted molar refractivity (Wildman–Crippen MR) is 76.3 cm³/mol. The van der Waals surface area contributed by atoms with Crippen LogP contribution in [0.5, 0.6) is 0 Å². The molecule has 1 aromatic heterocycles. The van der Waals surface area contributed by atoms with Gasteiger partial charge in [-0.05, 0) is 18.6 Å². The van der Waals surface area contributed by atoms with Gasteiger partial charge in [0.1, 0.15) is 12.3 Å². The second-order valence-corrected chi connectivity index (χ2v) is 4.11. The molecule has 0 fully saturated rings. The zero-order chi connectivity index (χ0) is 14.6. The summed E-state index contributed by atoms with van der Waals surface area (Å²) in [6.45, 7) is 3.61. The van der Waals surface area contributed by atoms with Crippen molar-refractivity contribution < 1.29 is 14.6 Å². The van der Waals surface area contributed by atoms with Crippen LogP contribution in [0.1, 0.15) is 35.8 Å². The minimum atomic E-state index is -0.231. The highest BCUT2D eigenvalue weighted by Crippen LogP contribution is 1.98. The van der Waals surface area contributed by atoms with Crippen LogP contribution in [-0.2, 0) is 4.74 Å². The van der Waals surface area contributed by atoms with Crippen molar-refractivity contribution in [1.82, 2.24) is 10.3 Å². The molecule has 108 valence electrons. The number of aromatic nitrogens is 1. The summed E-state index contributed by atoms with van der Waals surface area (Å²) < 4.78 is 5.35. The third-order valence-electron chi connectivity index (χ3n) is 2.48. The molecule has 5 nitrogen and oxygen atoms in total. The molecule has 0 aromatic carbocycles. The van der Waals surface area contributed by atoms with E-state index in [-0.39, 0.29) is 12.5 Å². The molecular formula is C15H20N2O3. The van der Waals surface area contributed by atoms with Crippen molar-refractivity contribution >= 4 is 5.91 Å². The van der Waals surface area contributed by atoms with Gasteiger partial charge in [0.05, 0.1) is 6.61 Å². The SMILES string of the molecule is CCCCOCCNC(=O)c1ccc(C#CCO)cn1. The molecule has 0 aliphatic heterocycles. The summed E-state index contributed by atoms with van der Waals surface area (Å²) in [4.78, 5) is 15.8. The molecule has 0 aliphatic carbocycles. The van der Waals surface area contributed by atoms with Crippen LogP contribution >= 0.6 is 0 Å². The summed E-state index contributed by atoms with van der Waals surface area (Å²) >= 11 is 0. The number of unbranched alkanes of at least 4 members (excludes halogenated alkanes) is 1. The van der Waals surface area contributed by atoms with Crippen molar-refractivity contribution in [1.29, 1.82) is 0 Å². The van der Waals surface area contributed by atoms with Crippen molar-refractivity contribution in [2.75, 3.05) is 26.4 Å². The molecule has 1 heterocycles. The van der Waals surface area contributed by atoms with Crippen molar-refractivity contribution in [3.8, 4) is 11.8 Å². The monoisotopic (exact) mass is 276 g/mol. The van der Waals surface area contributed by atoms with E-state index in [0.29, 0.717) is 24.4 Å². The first-order valence-corrected chi connectivity index (χ1v) is 6.69. The Kier molecular flexibility index (Phi) is 8.04. The van der Waals surface area contributed by atoms with Gasteiger partial charge < -0.3 is 15.2 Å². The summed E-state index contributed by atoms with van der Waals surface area (Å²) in [5.41, 5.74) is 1.01. The van der Waals surface area contributed by atoms with Gasteiger partial charge in [-0.1, -0.05) is 25.2 Å². The molecule has 0 radical (unpaired) electrons. The molecule has 0 saturated heterocycles. The number of aliphatic hydroxyl groups excluding tert-OH is 1. The lowest BCUT2D eigenvalue weighted by molar-refractivity contribution is 0.0908. The largest absolute Gasteiger partial charge is 0.384 e. The van der Waals surface area contributed by atoms with Crippen LogP contribution in [-0.4, -0.2) is 42.4 Å². The van der Waals surface area contributed by atoms with Crippen LogP contribution in [0.4, 0.5) is 0 Å². The van der Waals surface area contributed by atoms with Crippen LogP contribution in [0.25, 0.3) is 0 Å². The average molecular weight is 276 g/mol. The van der Waals surface area contributed by atoms with Crippen LogP contribution in [0.15, 0.2) is 18.3 Å². The summed E-state index contributed by atoms with van der Waals surface area (Å²) in [6, 6.07) is 3.30. The first-order chi connectivity index (χ1) is 9.77. The number of amides is 1. The van der Waals surface area contributed by atoms with Gasteiger partial charge in [-0.2, -0.15) is 0 Å². The Balaban J connectivity index is 2.32. The minimum Gasteiger partial charge on any atom is -0.384 e. The van der Waals surface area contributed by atoms with E-state index in [1.807, 2.05) is 0 Å². The first kappa shape index (κ1) is 16.2. The number of aliphatic hydroxyl groups is 1. The number of ether oxygens (including phenoxy) is 1. The van der Waals surface area contributed by atoms with Gasteiger partial charge in [-0.3, -0.25) is 4.79 Å². The first-order valence-electron chi connectivity index (χ1n) is 6.69. The molecule has 0 spiro atoms. The lowest BCUT2D eigenvalue weighted by Crippen LogP contribution is -2.28. The highest BCUT2D eigenvalue weighted by atomic mass is 16.5. The van der Waals surface area contributed by atoms with E-state index < -0.39 is 0 Å². The smallest absolute Gasteiger partial charge is 0.269 e. The number of hydrogen-bond acceptors (Lipinski definition) is 4. The van der Waals surface area contributed by atoms with E-state index in [9.17, 15) is 4.79 Å². The van der Waals surface area contributed by atoms with Gasteiger partial charge in [-0.15, -0.1) is 0 Å². The Morgan fingerprint density at radius 1 is 1.45 bits per heavy atom. The van der Waals surface area contributed by atoms with E-state index in [0.717, 1.165) is 19.4 Å². The maximum atomic E-state index is 11.8. The fourth-order valence-corrected chi connectivity index (χ4v) is 1.42. The number of carbonyl (C=O) groups is 1. The number of rotatable bonds is 7. The molecule has 0 bridgehead atoms. The summed E-state index contributed by atoms with van der Waals surface area (Å²) in [6.07, 6.45) is 3.64. The van der Waals surface area contributed by atoms with Crippen molar-refractivity contribution in [3.05, 3.63) is 29.6 Å². The zero-order valence-corrected chi connectivity index (χ0v) is 11.7. The van der Waals surface area contributed by atoms with Crippen molar-refractivity contribution in [2.24, 2.45) is 0 Å². The lowest BCUT2D eigenvalue weighted by Gasteiger charge is -2.05. The number of nitrogens with one attached hydrogen (secondary N) is 1. The highest BCUT2D eigenvalue weighted by Gasteiger charge is 2.05. The normalized spacial score (nSPS) is 9.70. The quantitative estimate of drug-likeness (QED) is 0.575. The Hall–Kier alpha value is -1.90. The van der Waals surface area contributed by atoms with Crippen LogP contribution in [0.3, 0.4) is 0 Å². The maximum Gasteiger partial charge on any atom is 0.269 e. The molecular weight excluding hydrogens is 256 g/mol. The number of nitrogens with zero attached hydrogens (tertiary/aromatic N) is 1. The van der Waals surface area contributed by atoms with Gasteiger partial charge >= 0.3 is 0 Å². The van der Waals surface area contributed by atoms with E-state index in [1.54, 1.807) is 12.1 Å². The van der Waals surface area contributed by atoms with Gasteiger partial charge in [0.15, 0.2) is 0 Å². The van der Waals surface area contributed by atoms with E-state index in [2.05, 4.69) is 29.1 Å². The second-order valence-electron chi connectivity index (χ2n) is 4.11. The summed E-state index contributed by atoms with van der Waals surface area (Å²) in [5, 5.41) is 11.3. The third kappa shape index (κ3) is 6.32. The molecule has 0 saturated carbocycles. The Bertz CT molecular complexity index is 460. The Labute approximate surface area is 119 Å². The molecule has 5 heteroatoms. The number of carbonyl (C=O) groups excluding carboxylic acids is 1. The molecule has 0 aliphatic rings. The Morgan fingerprint density at radius 2 is 2.30 bits per heavy atom. The van der Waals surface area contributed by atoms with Gasteiger partial charge in [0.2, 0.25) is 0 Å². The second kappa shape index (κ2) is 9.96. The average Bonchev–Trinajstić information content (AvgIpc) is 2.49. The Morgan fingerprint density at radius 3 is 2.95 bits per heavy atom. The molecule has 0 atom stereocenters. The number of hydrogen-bond donors (Lipinski definition) is 2. The minimum absolute atomic E-state index is 0.194. The van der Waals surface area contributed by atoms with E-state index >= 15 is 0 Å². The van der Waals surface area contributed by atoms with Crippen molar-refractivity contribution in [2.45, 2.75) is 19.8 Å². The zero-order valence-electron chi connectivity index (χ0n) is 11.7. The van der Waals surface area contributed by atoms with Crippen molar-refractivity contribution in [3.63, 3.8) is 0 Å². The van der Waals surface area contributed by atoms with Gasteiger partial charge in [0.25, 0.3) is 5.91 Å². The van der Waals surface area contributed by atoms with E-state index in [1.165, 1.54) is 6.20 Å². The molecule has 0 unspecified atom stereocenters. The lowest BCUT2D eigenvalue weighted by atomic mass is 10.2. The maximum absolute atomic E-state index is 11.8. The predicted octanol–water partition coefficient (Wildman–Crippen LogP) is 0.972. The van der Waals surface area contributed by atoms with Crippen LogP contribution in [0, 0.1) is 11.8 Å².